The standard InChI is InChI=1S/C16H23FN2O2/c1-2-19-10-6-5-9-14(19)16(21)18-11-15(20)12-7-3-4-8-13(12)17/h3-4,7-8,14-15,20H,2,5-6,9-11H2,1H3,(H,18,21). The summed E-state index contributed by atoms with van der Waals surface area (Å²) in [4.78, 5) is 14.4. The largest absolute Gasteiger partial charge is 0.386 e. The van der Waals surface area contributed by atoms with Crippen LogP contribution in [0.15, 0.2) is 24.3 Å². The summed E-state index contributed by atoms with van der Waals surface area (Å²) in [5, 5.41) is 12.7. The first-order chi connectivity index (χ1) is 10.1. The molecule has 5 heteroatoms. The van der Waals surface area contributed by atoms with E-state index >= 15 is 0 Å². The van der Waals surface area contributed by atoms with Gasteiger partial charge in [-0.25, -0.2) is 4.39 Å². The third-order valence-corrected chi connectivity index (χ3v) is 4.06. The highest BCUT2D eigenvalue weighted by Crippen LogP contribution is 2.18. The Morgan fingerprint density at radius 3 is 2.95 bits per heavy atom. The molecular weight excluding hydrogens is 271 g/mol. The fourth-order valence-electron chi connectivity index (χ4n) is 2.84. The second-order valence-electron chi connectivity index (χ2n) is 5.42. The molecule has 1 heterocycles. The van der Waals surface area contributed by atoms with Crippen molar-refractivity contribution in [3.63, 3.8) is 0 Å². The van der Waals surface area contributed by atoms with Gasteiger partial charge in [-0.1, -0.05) is 31.5 Å². The number of carbonyl (C=O) groups is 1. The number of rotatable bonds is 5. The summed E-state index contributed by atoms with van der Waals surface area (Å²) in [6.45, 7) is 3.85. The van der Waals surface area contributed by atoms with Gasteiger partial charge in [0.25, 0.3) is 0 Å². The summed E-state index contributed by atoms with van der Waals surface area (Å²) in [5.41, 5.74) is 0.216. The molecule has 1 amide bonds. The van der Waals surface area contributed by atoms with Crippen molar-refractivity contribution >= 4 is 5.91 Å². The Morgan fingerprint density at radius 1 is 1.48 bits per heavy atom. The van der Waals surface area contributed by atoms with E-state index in [1.165, 1.54) is 12.1 Å². The van der Waals surface area contributed by atoms with E-state index in [2.05, 4.69) is 10.2 Å². The highest BCUT2D eigenvalue weighted by Gasteiger charge is 2.27. The number of amides is 1. The van der Waals surface area contributed by atoms with E-state index < -0.39 is 11.9 Å². The molecule has 2 atom stereocenters. The lowest BCUT2D eigenvalue weighted by Crippen LogP contribution is -2.49. The molecule has 1 aromatic rings. The van der Waals surface area contributed by atoms with Crippen LogP contribution in [0.3, 0.4) is 0 Å². The van der Waals surface area contributed by atoms with Gasteiger partial charge in [-0.3, -0.25) is 9.69 Å². The molecule has 1 aliphatic rings. The normalized spacial score (nSPS) is 21.0. The van der Waals surface area contributed by atoms with Crippen molar-refractivity contribution < 1.29 is 14.3 Å². The fraction of sp³-hybridized carbons (Fsp3) is 0.562. The highest BCUT2D eigenvalue weighted by atomic mass is 19.1. The van der Waals surface area contributed by atoms with Crippen LogP contribution in [0.4, 0.5) is 4.39 Å². The molecule has 2 N–H and O–H groups in total. The molecule has 2 rings (SSSR count). The first-order valence-electron chi connectivity index (χ1n) is 7.57. The van der Waals surface area contributed by atoms with E-state index in [0.29, 0.717) is 0 Å². The van der Waals surface area contributed by atoms with Crippen LogP contribution in [0, 0.1) is 5.82 Å². The fourth-order valence-corrected chi connectivity index (χ4v) is 2.84. The van der Waals surface area contributed by atoms with Crippen LogP contribution >= 0.6 is 0 Å². The number of nitrogens with one attached hydrogen (secondary N) is 1. The molecule has 0 radical (unpaired) electrons. The Hall–Kier alpha value is -1.46. The van der Waals surface area contributed by atoms with E-state index in [0.717, 1.165) is 32.4 Å². The monoisotopic (exact) mass is 294 g/mol. The third-order valence-electron chi connectivity index (χ3n) is 4.06. The summed E-state index contributed by atoms with van der Waals surface area (Å²) >= 11 is 0. The van der Waals surface area contributed by atoms with Crippen molar-refractivity contribution in [3.8, 4) is 0 Å². The molecule has 1 saturated heterocycles. The summed E-state index contributed by atoms with van der Waals surface area (Å²) in [6.07, 6.45) is 1.99. The summed E-state index contributed by atoms with van der Waals surface area (Å²) < 4.78 is 13.6. The second kappa shape index (κ2) is 7.52. The molecule has 4 nitrogen and oxygen atoms in total. The number of likely N-dealkylation sites (N-methyl/N-ethyl adjacent to an activating group) is 1. The zero-order valence-corrected chi connectivity index (χ0v) is 12.4. The molecular formula is C16H23FN2O2. The number of likely N-dealkylation sites (tertiary alicyclic amines) is 1. The van der Waals surface area contributed by atoms with Gasteiger partial charge >= 0.3 is 0 Å². The van der Waals surface area contributed by atoms with E-state index in [1.807, 2.05) is 6.92 Å². The predicted molar refractivity (Wildman–Crippen MR) is 79.3 cm³/mol. The maximum absolute atomic E-state index is 13.6. The average Bonchev–Trinajstić information content (AvgIpc) is 2.52. The summed E-state index contributed by atoms with van der Waals surface area (Å²) in [7, 11) is 0. The smallest absolute Gasteiger partial charge is 0.237 e. The zero-order valence-electron chi connectivity index (χ0n) is 12.4. The van der Waals surface area contributed by atoms with E-state index in [9.17, 15) is 14.3 Å². The maximum atomic E-state index is 13.6. The number of benzene rings is 1. The molecule has 0 aromatic heterocycles. The number of hydrogen-bond acceptors (Lipinski definition) is 3. The third kappa shape index (κ3) is 4.02. The Bertz CT molecular complexity index is 481. The lowest BCUT2D eigenvalue weighted by molar-refractivity contribution is -0.128. The molecule has 0 bridgehead atoms. The quantitative estimate of drug-likeness (QED) is 0.871. The van der Waals surface area contributed by atoms with Crippen LogP contribution in [-0.4, -0.2) is 41.6 Å². The molecule has 0 saturated carbocycles. The molecule has 2 unspecified atom stereocenters. The van der Waals surface area contributed by atoms with Crippen molar-refractivity contribution in [2.45, 2.75) is 38.3 Å². The van der Waals surface area contributed by atoms with Gasteiger partial charge in [0.2, 0.25) is 5.91 Å². The molecule has 1 aromatic carbocycles. The first kappa shape index (κ1) is 15.9. The van der Waals surface area contributed by atoms with Gasteiger partial charge in [-0.2, -0.15) is 0 Å². The van der Waals surface area contributed by atoms with Crippen molar-refractivity contribution in [1.82, 2.24) is 10.2 Å². The van der Waals surface area contributed by atoms with Gasteiger partial charge in [0, 0.05) is 12.1 Å². The summed E-state index contributed by atoms with van der Waals surface area (Å²) in [6, 6.07) is 5.96. The minimum absolute atomic E-state index is 0.0355. The molecule has 1 aliphatic heterocycles. The van der Waals surface area contributed by atoms with E-state index in [4.69, 9.17) is 0 Å². The minimum Gasteiger partial charge on any atom is -0.386 e. The molecule has 1 fully saturated rings. The molecule has 116 valence electrons. The van der Waals surface area contributed by atoms with Gasteiger partial charge in [-0.15, -0.1) is 0 Å². The van der Waals surface area contributed by atoms with Crippen molar-refractivity contribution in [2.24, 2.45) is 0 Å². The van der Waals surface area contributed by atoms with Crippen LogP contribution in [0.1, 0.15) is 37.9 Å². The van der Waals surface area contributed by atoms with Crippen LogP contribution < -0.4 is 5.32 Å². The SMILES string of the molecule is CCN1CCCCC1C(=O)NCC(O)c1ccccc1F. The molecule has 0 spiro atoms. The molecule has 0 aliphatic carbocycles. The van der Waals surface area contributed by atoms with E-state index in [-0.39, 0.29) is 24.1 Å². The van der Waals surface area contributed by atoms with Crippen LogP contribution in [0.25, 0.3) is 0 Å². The minimum atomic E-state index is -1.02. The Kier molecular flexibility index (Phi) is 5.70. The van der Waals surface area contributed by atoms with Crippen molar-refractivity contribution in [2.75, 3.05) is 19.6 Å². The first-order valence-corrected chi connectivity index (χ1v) is 7.57. The van der Waals surface area contributed by atoms with Crippen LogP contribution in [0.2, 0.25) is 0 Å². The lowest BCUT2D eigenvalue weighted by atomic mass is 10.0. The number of halogens is 1. The van der Waals surface area contributed by atoms with Crippen LogP contribution in [-0.2, 0) is 4.79 Å². The number of aliphatic hydroxyl groups is 1. The van der Waals surface area contributed by atoms with Crippen molar-refractivity contribution in [1.29, 1.82) is 0 Å². The topological polar surface area (TPSA) is 52.6 Å². The van der Waals surface area contributed by atoms with E-state index in [1.54, 1.807) is 12.1 Å². The number of hydrogen-bond donors (Lipinski definition) is 2. The van der Waals surface area contributed by atoms with Gasteiger partial charge < -0.3 is 10.4 Å². The maximum Gasteiger partial charge on any atom is 0.237 e. The second-order valence-corrected chi connectivity index (χ2v) is 5.42. The molecule has 21 heavy (non-hydrogen) atoms. The number of aliphatic hydroxyl groups excluding tert-OH is 1. The lowest BCUT2D eigenvalue weighted by Gasteiger charge is -2.33. The van der Waals surface area contributed by atoms with Gasteiger partial charge in [0.15, 0.2) is 0 Å². The van der Waals surface area contributed by atoms with Gasteiger partial charge in [-0.05, 0) is 32.0 Å². The highest BCUT2D eigenvalue weighted by molar-refractivity contribution is 5.81. The summed E-state index contributed by atoms with van der Waals surface area (Å²) in [5.74, 6) is -0.529. The van der Waals surface area contributed by atoms with Crippen LogP contribution in [0.5, 0.6) is 0 Å². The zero-order chi connectivity index (χ0) is 15.2. The Balaban J connectivity index is 1.90. The number of nitrogens with zero attached hydrogens (tertiary/aromatic N) is 1. The Labute approximate surface area is 125 Å². The number of piperidine rings is 1. The predicted octanol–water partition coefficient (Wildman–Crippen LogP) is 1.85. The average molecular weight is 294 g/mol. The Morgan fingerprint density at radius 2 is 2.24 bits per heavy atom. The van der Waals surface area contributed by atoms with Gasteiger partial charge in [0.05, 0.1) is 12.1 Å². The number of carbonyl (C=O) groups excluding carboxylic acids is 1. The van der Waals surface area contributed by atoms with Crippen molar-refractivity contribution in [3.05, 3.63) is 35.6 Å². The van der Waals surface area contributed by atoms with Gasteiger partial charge in [0.1, 0.15) is 5.82 Å².